The van der Waals surface area contributed by atoms with E-state index in [1.807, 2.05) is 36.9 Å². The molecular weight excluding hydrogens is 383 g/mol. The molecule has 0 bridgehead atoms. The second kappa shape index (κ2) is 9.33. The van der Waals surface area contributed by atoms with E-state index < -0.39 is 0 Å². The highest BCUT2D eigenvalue weighted by Gasteiger charge is 2.13. The van der Waals surface area contributed by atoms with E-state index in [1.165, 1.54) is 12.8 Å². The molecule has 1 fully saturated rings. The average Bonchev–Trinajstić information content (AvgIpc) is 3.29. The molecular formula is C19H26Cl2N6. The Morgan fingerprint density at radius 2 is 2.00 bits per heavy atom. The molecule has 0 saturated carbocycles. The zero-order valence-corrected chi connectivity index (χ0v) is 17.3. The van der Waals surface area contributed by atoms with Crippen molar-refractivity contribution >= 4 is 35.0 Å². The number of aromatic nitrogens is 2. The van der Waals surface area contributed by atoms with E-state index in [2.05, 4.69) is 26.6 Å². The maximum absolute atomic E-state index is 6.13. The van der Waals surface area contributed by atoms with Crippen molar-refractivity contribution in [1.29, 1.82) is 0 Å². The summed E-state index contributed by atoms with van der Waals surface area (Å²) in [5.74, 6) is 1.80. The molecule has 0 atom stereocenters. The number of halogens is 2. The highest BCUT2D eigenvalue weighted by atomic mass is 35.5. The van der Waals surface area contributed by atoms with Gasteiger partial charge in [0.25, 0.3) is 0 Å². The van der Waals surface area contributed by atoms with Crippen LogP contribution in [0, 0.1) is 0 Å². The van der Waals surface area contributed by atoms with Crippen LogP contribution in [-0.2, 0) is 20.1 Å². The van der Waals surface area contributed by atoms with Crippen molar-refractivity contribution in [3.63, 3.8) is 0 Å². The Labute approximate surface area is 170 Å². The minimum atomic E-state index is 0.543. The molecule has 2 aromatic rings. The SMILES string of the molecule is CCNC(=NCc1ccnc(N2CCCC2)c1)NCc1cc(Cl)c(Cl)n1C. The maximum atomic E-state index is 6.13. The van der Waals surface area contributed by atoms with Gasteiger partial charge in [0.1, 0.15) is 11.0 Å². The van der Waals surface area contributed by atoms with E-state index in [4.69, 9.17) is 28.2 Å². The van der Waals surface area contributed by atoms with Gasteiger partial charge in [-0.1, -0.05) is 23.2 Å². The van der Waals surface area contributed by atoms with Gasteiger partial charge in [-0.3, -0.25) is 0 Å². The number of anilines is 1. The van der Waals surface area contributed by atoms with Gasteiger partial charge in [0, 0.05) is 38.6 Å². The van der Waals surface area contributed by atoms with Crippen LogP contribution in [0.1, 0.15) is 31.0 Å². The maximum Gasteiger partial charge on any atom is 0.191 e. The number of pyridine rings is 1. The van der Waals surface area contributed by atoms with Gasteiger partial charge in [-0.25, -0.2) is 9.98 Å². The van der Waals surface area contributed by atoms with E-state index in [9.17, 15) is 0 Å². The van der Waals surface area contributed by atoms with Crippen molar-refractivity contribution in [3.05, 3.63) is 45.8 Å². The standard InChI is InChI=1S/C19H26Cl2N6/c1-3-22-19(25-13-15-11-16(20)18(21)26(15)2)24-12-14-6-7-23-17(10-14)27-8-4-5-9-27/h6-7,10-11H,3-5,8-9,12-13H2,1-2H3,(H2,22,24,25). The molecule has 8 heteroatoms. The van der Waals surface area contributed by atoms with Crippen molar-refractivity contribution in [1.82, 2.24) is 20.2 Å². The van der Waals surface area contributed by atoms with Crippen LogP contribution in [0.3, 0.4) is 0 Å². The van der Waals surface area contributed by atoms with E-state index in [0.717, 1.165) is 42.7 Å². The van der Waals surface area contributed by atoms with Crippen molar-refractivity contribution in [2.45, 2.75) is 32.9 Å². The molecule has 2 N–H and O–H groups in total. The molecule has 6 nitrogen and oxygen atoms in total. The van der Waals surface area contributed by atoms with Gasteiger partial charge in [0.2, 0.25) is 0 Å². The van der Waals surface area contributed by atoms with Crippen molar-refractivity contribution in [3.8, 4) is 0 Å². The fourth-order valence-electron chi connectivity index (χ4n) is 3.12. The van der Waals surface area contributed by atoms with Crippen LogP contribution >= 0.6 is 23.2 Å². The summed E-state index contributed by atoms with van der Waals surface area (Å²) >= 11 is 12.2. The Bertz CT molecular complexity index is 795. The second-order valence-corrected chi connectivity index (χ2v) is 7.36. The molecule has 1 aliphatic rings. The average molecular weight is 409 g/mol. The third-order valence-electron chi connectivity index (χ3n) is 4.66. The zero-order chi connectivity index (χ0) is 19.2. The molecule has 0 aliphatic carbocycles. The molecule has 0 radical (unpaired) electrons. The van der Waals surface area contributed by atoms with Gasteiger partial charge in [0.15, 0.2) is 5.96 Å². The summed E-state index contributed by atoms with van der Waals surface area (Å²) in [5, 5.41) is 7.71. The first-order valence-corrected chi connectivity index (χ1v) is 10.1. The monoisotopic (exact) mass is 408 g/mol. The summed E-state index contributed by atoms with van der Waals surface area (Å²) in [7, 11) is 1.89. The molecule has 0 amide bonds. The van der Waals surface area contributed by atoms with E-state index >= 15 is 0 Å². The molecule has 3 rings (SSSR count). The summed E-state index contributed by atoms with van der Waals surface area (Å²) in [6.07, 6.45) is 4.35. The van der Waals surface area contributed by atoms with E-state index in [-0.39, 0.29) is 0 Å². The summed E-state index contributed by atoms with van der Waals surface area (Å²) in [4.78, 5) is 11.5. The summed E-state index contributed by atoms with van der Waals surface area (Å²) in [6.45, 7) is 6.19. The predicted molar refractivity (Wildman–Crippen MR) is 113 cm³/mol. The van der Waals surface area contributed by atoms with E-state index in [0.29, 0.717) is 23.3 Å². The molecule has 1 aliphatic heterocycles. The minimum absolute atomic E-state index is 0.543. The Morgan fingerprint density at radius 1 is 1.22 bits per heavy atom. The van der Waals surface area contributed by atoms with Crippen LogP contribution in [0.2, 0.25) is 10.2 Å². The summed E-state index contributed by atoms with van der Waals surface area (Å²) in [6, 6.07) is 6.02. The van der Waals surface area contributed by atoms with Gasteiger partial charge < -0.3 is 20.1 Å². The van der Waals surface area contributed by atoms with Gasteiger partial charge in [-0.15, -0.1) is 0 Å². The van der Waals surface area contributed by atoms with Crippen molar-refractivity contribution < 1.29 is 0 Å². The lowest BCUT2D eigenvalue weighted by molar-refractivity contribution is 0.752. The first-order valence-electron chi connectivity index (χ1n) is 9.30. The molecule has 27 heavy (non-hydrogen) atoms. The first-order chi connectivity index (χ1) is 13.1. The fraction of sp³-hybridized carbons (Fsp3) is 0.474. The van der Waals surface area contributed by atoms with Gasteiger partial charge >= 0.3 is 0 Å². The minimum Gasteiger partial charge on any atom is -0.357 e. The van der Waals surface area contributed by atoms with Gasteiger partial charge in [0.05, 0.1) is 18.1 Å². The third kappa shape index (κ3) is 5.08. The van der Waals surface area contributed by atoms with E-state index in [1.54, 1.807) is 0 Å². The molecule has 146 valence electrons. The summed E-state index contributed by atoms with van der Waals surface area (Å²) in [5.41, 5.74) is 2.14. The smallest absolute Gasteiger partial charge is 0.191 e. The number of guanidine groups is 1. The van der Waals surface area contributed by atoms with Gasteiger partial charge in [-0.05, 0) is 43.5 Å². The number of nitrogens with zero attached hydrogens (tertiary/aromatic N) is 4. The van der Waals surface area contributed by atoms with Crippen LogP contribution in [0.15, 0.2) is 29.4 Å². The molecule has 0 aromatic carbocycles. The highest BCUT2D eigenvalue weighted by Crippen LogP contribution is 2.25. The number of hydrogen-bond acceptors (Lipinski definition) is 3. The Morgan fingerprint density at radius 3 is 2.67 bits per heavy atom. The molecule has 1 saturated heterocycles. The van der Waals surface area contributed by atoms with Crippen LogP contribution in [0.4, 0.5) is 5.82 Å². The largest absolute Gasteiger partial charge is 0.357 e. The van der Waals surface area contributed by atoms with Crippen LogP contribution in [0.5, 0.6) is 0 Å². The Kier molecular flexibility index (Phi) is 6.85. The molecule has 3 heterocycles. The first kappa shape index (κ1) is 19.8. The zero-order valence-electron chi connectivity index (χ0n) is 15.8. The van der Waals surface area contributed by atoms with Crippen molar-refractivity contribution in [2.24, 2.45) is 12.0 Å². The highest BCUT2D eigenvalue weighted by molar-refractivity contribution is 6.41. The third-order valence-corrected chi connectivity index (χ3v) is 5.50. The van der Waals surface area contributed by atoms with Crippen LogP contribution in [0.25, 0.3) is 0 Å². The lowest BCUT2D eigenvalue weighted by Gasteiger charge is -2.16. The lowest BCUT2D eigenvalue weighted by Crippen LogP contribution is -2.37. The lowest BCUT2D eigenvalue weighted by atomic mass is 10.2. The number of aliphatic imine (C=N–C) groups is 1. The number of rotatable bonds is 6. The fourth-order valence-corrected chi connectivity index (χ4v) is 3.54. The predicted octanol–water partition coefficient (Wildman–Crippen LogP) is 3.58. The Balaban J connectivity index is 1.64. The van der Waals surface area contributed by atoms with Crippen LogP contribution < -0.4 is 15.5 Å². The molecule has 2 aromatic heterocycles. The van der Waals surface area contributed by atoms with Crippen LogP contribution in [-0.4, -0.2) is 35.1 Å². The number of hydrogen-bond donors (Lipinski definition) is 2. The quantitative estimate of drug-likeness (QED) is 0.566. The normalized spacial score (nSPS) is 14.7. The topological polar surface area (TPSA) is 57.5 Å². The Hall–Kier alpha value is -1.92. The second-order valence-electron chi connectivity index (χ2n) is 6.60. The van der Waals surface area contributed by atoms with Crippen molar-refractivity contribution in [2.75, 3.05) is 24.5 Å². The van der Waals surface area contributed by atoms with Gasteiger partial charge in [-0.2, -0.15) is 0 Å². The summed E-state index contributed by atoms with van der Waals surface area (Å²) < 4.78 is 1.87. The molecule has 0 unspecified atom stereocenters. The molecule has 0 spiro atoms. The number of nitrogens with one attached hydrogen (secondary N) is 2.